The number of hydrogen-bond donors (Lipinski definition) is 4. The van der Waals surface area contributed by atoms with Crippen molar-refractivity contribution in [1.82, 2.24) is 0 Å². The molecular weight excluding hydrogens is 312 g/mol. The summed E-state index contributed by atoms with van der Waals surface area (Å²) in [4.78, 5) is 0. The molecule has 4 N–H and O–H groups in total. The molecule has 1 aliphatic heterocycles. The lowest BCUT2D eigenvalue weighted by Crippen LogP contribution is -2.46. The van der Waals surface area contributed by atoms with E-state index in [1.54, 1.807) is 6.08 Å². The van der Waals surface area contributed by atoms with Gasteiger partial charge in [0.25, 0.3) is 5.79 Å². The molecule has 6 nitrogen and oxygen atoms in total. The molecule has 1 heterocycles. The summed E-state index contributed by atoms with van der Waals surface area (Å²) < 4.78 is 17.6. The number of unbranched alkanes of at least 4 members (excludes halogenated alkanes) is 8. The summed E-state index contributed by atoms with van der Waals surface area (Å²) in [6, 6.07) is 0. The van der Waals surface area contributed by atoms with Crippen LogP contribution in [-0.4, -0.2) is 58.2 Å². The Hall–Kier alpha value is -0.660. The van der Waals surface area contributed by atoms with Crippen molar-refractivity contribution in [3.05, 3.63) is 11.8 Å². The summed E-state index contributed by atoms with van der Waals surface area (Å²) in [6.45, 7) is 0.0473. The second-order valence-electron chi connectivity index (χ2n) is 6.35. The molecule has 0 saturated carbocycles. The largest absolute Gasteiger partial charge is 0.507 e. The fourth-order valence-corrected chi connectivity index (χ4v) is 3.01. The molecule has 1 saturated heterocycles. The molecule has 0 spiro atoms. The van der Waals surface area contributed by atoms with E-state index in [1.807, 2.05) is 0 Å². The van der Waals surface area contributed by atoms with E-state index in [2.05, 4.69) is 0 Å². The van der Waals surface area contributed by atoms with Gasteiger partial charge in [0.05, 0.1) is 6.61 Å². The van der Waals surface area contributed by atoms with Gasteiger partial charge in [-0.15, -0.1) is 0 Å². The summed E-state index contributed by atoms with van der Waals surface area (Å²) in [5.74, 6) is -2.09. The van der Waals surface area contributed by atoms with Gasteiger partial charge in [-0.3, -0.25) is 0 Å². The van der Waals surface area contributed by atoms with E-state index in [9.17, 15) is 15.3 Å². The Balaban J connectivity index is 2.32. The van der Waals surface area contributed by atoms with E-state index in [1.165, 1.54) is 26.4 Å². The van der Waals surface area contributed by atoms with Crippen LogP contribution in [0.3, 0.4) is 0 Å². The Morgan fingerprint density at radius 2 is 1.79 bits per heavy atom. The van der Waals surface area contributed by atoms with Crippen molar-refractivity contribution in [1.29, 1.82) is 0 Å². The van der Waals surface area contributed by atoms with E-state index < -0.39 is 30.7 Å². The number of allylic oxidation sites excluding steroid dienone is 1. The molecule has 1 fully saturated rings. The molecule has 142 valence electrons. The molecule has 0 amide bonds. The van der Waals surface area contributed by atoms with Gasteiger partial charge in [0.1, 0.15) is 18.3 Å². The zero-order valence-corrected chi connectivity index (χ0v) is 14.7. The van der Waals surface area contributed by atoms with E-state index in [0.717, 1.165) is 32.1 Å². The van der Waals surface area contributed by atoms with Gasteiger partial charge < -0.3 is 29.9 Å². The fourth-order valence-electron chi connectivity index (χ4n) is 3.01. The summed E-state index contributed by atoms with van der Waals surface area (Å²) in [6.07, 6.45) is 7.18. The van der Waals surface area contributed by atoms with Crippen LogP contribution in [0.15, 0.2) is 11.8 Å². The van der Waals surface area contributed by atoms with Crippen LogP contribution >= 0.6 is 0 Å². The van der Waals surface area contributed by atoms with Crippen LogP contribution in [-0.2, 0) is 9.47 Å². The molecule has 0 aromatic heterocycles. The van der Waals surface area contributed by atoms with Crippen molar-refractivity contribution < 1.29 is 31.3 Å². The van der Waals surface area contributed by atoms with Crippen molar-refractivity contribution in [2.75, 3.05) is 13.7 Å². The average Bonchev–Trinajstić information content (AvgIpc) is 2.88. The third kappa shape index (κ3) is 5.43. The Morgan fingerprint density at radius 1 is 1.17 bits per heavy atom. The highest BCUT2D eigenvalue weighted by Crippen LogP contribution is 2.37. The number of hydrogen-bond acceptors (Lipinski definition) is 6. The van der Waals surface area contributed by atoms with Gasteiger partial charge in [-0.05, 0) is 18.9 Å². The van der Waals surface area contributed by atoms with Crippen molar-refractivity contribution in [2.45, 2.75) is 88.8 Å². The van der Waals surface area contributed by atoms with Gasteiger partial charge in [-0.25, -0.2) is 0 Å². The van der Waals surface area contributed by atoms with Crippen molar-refractivity contribution in [3.8, 4) is 0 Å². The molecule has 1 rings (SSSR count). The second-order valence-corrected chi connectivity index (χ2v) is 6.35. The maximum absolute atomic E-state index is 10.3. The van der Waals surface area contributed by atoms with Crippen LogP contribution in [0.2, 0.25) is 0 Å². The number of aliphatic hydroxyl groups excluding tert-OH is 4. The van der Waals surface area contributed by atoms with E-state index in [4.69, 9.17) is 16.0 Å². The molecule has 0 aliphatic carbocycles. The lowest BCUT2D eigenvalue weighted by Gasteiger charge is -2.29. The minimum absolute atomic E-state index is 0.270. The minimum atomic E-state index is -1.81. The van der Waals surface area contributed by atoms with Crippen molar-refractivity contribution in [2.24, 2.45) is 0 Å². The van der Waals surface area contributed by atoms with E-state index >= 15 is 0 Å². The summed E-state index contributed by atoms with van der Waals surface area (Å²) >= 11 is 0. The predicted molar refractivity (Wildman–Crippen MR) is 91.7 cm³/mol. The normalized spacial score (nSPS) is 31.4. The standard InChI is InChI=1S/C18H34O6/c1-3-4-5-6-7-8-9-10-11-12-15(20)18(23-2)17(22)16(21)14(13-19)24-18/h12,14,16-17,19-22H,3-11,13H2,1-2H3/t14-,16-,17+,18?/m1/s1/i1D. The van der Waals surface area contributed by atoms with Crippen molar-refractivity contribution >= 4 is 0 Å². The Bertz CT molecular complexity index is 392. The molecule has 1 aliphatic rings. The van der Waals surface area contributed by atoms with Crippen LogP contribution < -0.4 is 0 Å². The monoisotopic (exact) mass is 347 g/mol. The first-order valence-corrected chi connectivity index (χ1v) is 8.92. The fraction of sp³-hybridized carbons (Fsp3) is 0.889. The molecule has 0 bridgehead atoms. The second kappa shape index (κ2) is 11.1. The highest BCUT2D eigenvalue weighted by molar-refractivity contribution is 5.14. The Labute approximate surface area is 146 Å². The third-order valence-corrected chi connectivity index (χ3v) is 4.55. The summed E-state index contributed by atoms with van der Waals surface area (Å²) in [5.41, 5.74) is 0. The smallest absolute Gasteiger partial charge is 0.257 e. The van der Waals surface area contributed by atoms with Gasteiger partial charge in [0.15, 0.2) is 5.76 Å². The summed E-state index contributed by atoms with van der Waals surface area (Å²) in [5, 5.41) is 39.4. The number of rotatable bonds is 12. The van der Waals surface area contributed by atoms with Crippen molar-refractivity contribution in [3.63, 3.8) is 0 Å². The molecule has 4 atom stereocenters. The maximum Gasteiger partial charge on any atom is 0.257 e. The molecular formula is C18H34O6. The zero-order chi connectivity index (χ0) is 18.7. The Morgan fingerprint density at radius 3 is 2.33 bits per heavy atom. The van der Waals surface area contributed by atoms with Gasteiger partial charge in [-0.2, -0.15) is 0 Å². The van der Waals surface area contributed by atoms with Crippen LogP contribution in [0.5, 0.6) is 0 Å². The van der Waals surface area contributed by atoms with Gasteiger partial charge >= 0.3 is 0 Å². The number of methoxy groups -OCH3 is 1. The van der Waals surface area contributed by atoms with Crippen LogP contribution in [0, 0.1) is 0 Å². The Kier molecular flexibility index (Phi) is 9.05. The van der Waals surface area contributed by atoms with E-state index in [-0.39, 0.29) is 5.76 Å². The summed E-state index contributed by atoms with van der Waals surface area (Å²) in [7, 11) is 1.28. The molecule has 0 aromatic carbocycles. The lowest BCUT2D eigenvalue weighted by atomic mass is 10.0. The highest BCUT2D eigenvalue weighted by Gasteiger charge is 2.57. The minimum Gasteiger partial charge on any atom is -0.507 e. The predicted octanol–water partition coefficient (Wildman–Crippen LogP) is 2.41. The quantitative estimate of drug-likeness (QED) is 0.320. The highest BCUT2D eigenvalue weighted by atomic mass is 16.7. The molecule has 0 aromatic rings. The first-order valence-electron chi connectivity index (χ1n) is 9.63. The average molecular weight is 347 g/mol. The van der Waals surface area contributed by atoms with Crippen LogP contribution in [0.4, 0.5) is 0 Å². The third-order valence-electron chi connectivity index (χ3n) is 4.55. The van der Waals surface area contributed by atoms with Gasteiger partial charge in [0.2, 0.25) is 0 Å². The van der Waals surface area contributed by atoms with Gasteiger partial charge in [0, 0.05) is 8.48 Å². The molecule has 1 unspecified atom stereocenters. The number of aliphatic hydroxyl groups is 4. The van der Waals surface area contributed by atoms with Crippen LogP contribution in [0.1, 0.15) is 66.1 Å². The number of ether oxygens (including phenoxy) is 2. The first-order chi connectivity index (χ1) is 12.0. The molecule has 0 radical (unpaired) electrons. The maximum atomic E-state index is 10.3. The lowest BCUT2D eigenvalue weighted by molar-refractivity contribution is -0.237. The first kappa shape index (κ1) is 19.7. The molecule has 24 heavy (non-hydrogen) atoms. The zero-order valence-electron chi connectivity index (χ0n) is 15.7. The van der Waals surface area contributed by atoms with Crippen LogP contribution in [0.25, 0.3) is 0 Å². The van der Waals surface area contributed by atoms with Gasteiger partial charge in [-0.1, -0.05) is 51.8 Å². The topological polar surface area (TPSA) is 99.4 Å². The SMILES string of the molecule is [2H]CCCCCCCCCCC=C(O)C1(OC)O[C@H](CO)[C@@H](O)[C@@H]1O. The van der Waals surface area contributed by atoms with E-state index in [0.29, 0.717) is 13.3 Å². The molecule has 6 heteroatoms.